The molecule has 0 aliphatic carbocycles. The first kappa shape index (κ1) is 20.9. The molecule has 1 aromatic carbocycles. The van der Waals surface area contributed by atoms with Gasteiger partial charge in [-0.2, -0.15) is 11.3 Å². The summed E-state index contributed by atoms with van der Waals surface area (Å²) in [6.07, 6.45) is 6.58. The van der Waals surface area contributed by atoms with E-state index in [2.05, 4.69) is 74.7 Å². The van der Waals surface area contributed by atoms with E-state index in [1.165, 1.54) is 34.9 Å². The van der Waals surface area contributed by atoms with Gasteiger partial charge in [-0.15, -0.1) is 0 Å². The molecule has 2 aromatic heterocycles. The highest BCUT2D eigenvalue weighted by atomic mass is 32.1. The van der Waals surface area contributed by atoms with E-state index in [1.807, 2.05) is 0 Å². The van der Waals surface area contributed by atoms with Gasteiger partial charge in [0, 0.05) is 55.9 Å². The topological polar surface area (TPSA) is 55.5 Å². The zero-order valence-corrected chi connectivity index (χ0v) is 18.7. The molecule has 4 rings (SSSR count). The number of aromatic amines is 1. The number of nitrogens with zero attached hydrogens (tertiary/aromatic N) is 2. The molecule has 1 saturated heterocycles. The lowest BCUT2D eigenvalue weighted by Gasteiger charge is -2.33. The fourth-order valence-electron chi connectivity index (χ4n) is 4.19. The molecule has 160 valence electrons. The molecule has 3 aromatic rings. The Hall–Kier alpha value is -2.31. The van der Waals surface area contributed by atoms with Gasteiger partial charge in [-0.05, 0) is 66.6 Å². The highest BCUT2D eigenvalue weighted by molar-refractivity contribution is 7.07. The van der Waals surface area contributed by atoms with Crippen LogP contribution < -0.4 is 10.6 Å². The number of fused-ring (bicyclic) bond motifs is 1. The summed E-state index contributed by atoms with van der Waals surface area (Å²) in [5.74, 6) is 0.965. The highest BCUT2D eigenvalue weighted by Gasteiger charge is 2.20. The molecule has 0 unspecified atom stereocenters. The molecule has 0 amide bonds. The average Bonchev–Trinajstić information content (AvgIpc) is 3.43. The Kier molecular flexibility index (Phi) is 7.43. The van der Waals surface area contributed by atoms with E-state index >= 15 is 0 Å². The van der Waals surface area contributed by atoms with Gasteiger partial charge in [0.05, 0.1) is 0 Å². The van der Waals surface area contributed by atoms with Gasteiger partial charge in [0.1, 0.15) is 0 Å². The Morgan fingerprint density at radius 2 is 2.10 bits per heavy atom. The summed E-state index contributed by atoms with van der Waals surface area (Å²) in [5, 5.41) is 12.9. The number of benzene rings is 1. The number of hydrogen-bond donors (Lipinski definition) is 3. The van der Waals surface area contributed by atoms with Crippen molar-refractivity contribution in [2.45, 2.75) is 45.2 Å². The van der Waals surface area contributed by atoms with Gasteiger partial charge in [0.2, 0.25) is 0 Å². The number of aryl methyl sites for hydroxylation is 1. The SMILES string of the molecule is CCNC(=NCCCc1c[nH]c2ccccc12)NC1CCN(Cc2ccsc2)CC1. The third-order valence-electron chi connectivity index (χ3n) is 5.81. The summed E-state index contributed by atoms with van der Waals surface area (Å²) >= 11 is 1.79. The Morgan fingerprint density at radius 3 is 2.90 bits per heavy atom. The van der Waals surface area contributed by atoms with Crippen LogP contribution in [0.25, 0.3) is 10.9 Å². The van der Waals surface area contributed by atoms with Crippen molar-refractivity contribution in [1.82, 2.24) is 20.5 Å². The maximum Gasteiger partial charge on any atom is 0.191 e. The number of hydrogen-bond acceptors (Lipinski definition) is 3. The van der Waals surface area contributed by atoms with E-state index in [0.717, 1.165) is 51.5 Å². The van der Waals surface area contributed by atoms with E-state index < -0.39 is 0 Å². The number of aliphatic imine (C=N–C) groups is 1. The standard InChI is InChI=1S/C24H33N5S/c1-2-25-24(26-12-5-6-20-16-27-23-8-4-3-7-22(20)23)28-21-9-13-29(14-10-21)17-19-11-15-30-18-19/h3-4,7-8,11,15-16,18,21,27H,2,5-6,9-10,12-14,17H2,1H3,(H2,25,26,28). The molecule has 6 heteroatoms. The van der Waals surface area contributed by atoms with Crippen molar-refractivity contribution in [2.24, 2.45) is 4.99 Å². The Morgan fingerprint density at radius 1 is 1.23 bits per heavy atom. The first-order valence-electron chi connectivity index (χ1n) is 11.1. The minimum absolute atomic E-state index is 0.509. The van der Waals surface area contributed by atoms with Crippen molar-refractivity contribution in [1.29, 1.82) is 0 Å². The quantitative estimate of drug-likeness (QED) is 0.286. The first-order valence-corrected chi connectivity index (χ1v) is 12.1. The number of nitrogens with one attached hydrogen (secondary N) is 3. The number of rotatable bonds is 8. The van der Waals surface area contributed by atoms with Gasteiger partial charge < -0.3 is 15.6 Å². The summed E-state index contributed by atoms with van der Waals surface area (Å²) in [7, 11) is 0. The van der Waals surface area contributed by atoms with Crippen LogP contribution in [0.4, 0.5) is 0 Å². The van der Waals surface area contributed by atoms with E-state index in [-0.39, 0.29) is 0 Å². The average molecular weight is 424 g/mol. The van der Waals surface area contributed by atoms with Gasteiger partial charge in [0.25, 0.3) is 0 Å². The number of guanidine groups is 1. The summed E-state index contributed by atoms with van der Waals surface area (Å²) in [5.41, 5.74) is 4.05. The second-order valence-electron chi connectivity index (χ2n) is 8.05. The van der Waals surface area contributed by atoms with Crippen molar-refractivity contribution >= 4 is 28.2 Å². The van der Waals surface area contributed by atoms with Crippen LogP contribution in [0.5, 0.6) is 0 Å². The van der Waals surface area contributed by atoms with Crippen LogP contribution in [0, 0.1) is 0 Å². The van der Waals surface area contributed by atoms with Crippen LogP contribution in [0.3, 0.4) is 0 Å². The van der Waals surface area contributed by atoms with Gasteiger partial charge in [-0.25, -0.2) is 0 Å². The molecule has 30 heavy (non-hydrogen) atoms. The summed E-state index contributed by atoms with van der Waals surface area (Å²) in [6, 6.07) is 11.3. The summed E-state index contributed by atoms with van der Waals surface area (Å²) in [6.45, 7) is 7.24. The summed E-state index contributed by atoms with van der Waals surface area (Å²) < 4.78 is 0. The number of thiophene rings is 1. The van der Waals surface area contributed by atoms with Crippen LogP contribution >= 0.6 is 11.3 Å². The normalized spacial score (nSPS) is 16.2. The minimum Gasteiger partial charge on any atom is -0.361 e. The fraction of sp³-hybridized carbons (Fsp3) is 0.458. The van der Waals surface area contributed by atoms with E-state index in [4.69, 9.17) is 4.99 Å². The third kappa shape index (κ3) is 5.64. The number of H-pyrrole nitrogens is 1. The predicted molar refractivity (Wildman–Crippen MR) is 128 cm³/mol. The zero-order valence-electron chi connectivity index (χ0n) is 17.9. The molecular formula is C24H33N5S. The molecule has 3 heterocycles. The highest BCUT2D eigenvalue weighted by Crippen LogP contribution is 2.19. The number of para-hydroxylation sites is 1. The number of likely N-dealkylation sites (tertiary alicyclic amines) is 1. The smallest absolute Gasteiger partial charge is 0.191 e. The number of aromatic nitrogens is 1. The van der Waals surface area contributed by atoms with Crippen molar-refractivity contribution in [3.05, 3.63) is 58.4 Å². The maximum atomic E-state index is 4.84. The van der Waals surface area contributed by atoms with Crippen LogP contribution in [0.2, 0.25) is 0 Å². The third-order valence-corrected chi connectivity index (χ3v) is 6.54. The van der Waals surface area contributed by atoms with Crippen molar-refractivity contribution in [2.75, 3.05) is 26.2 Å². The second kappa shape index (κ2) is 10.6. The molecule has 0 spiro atoms. The van der Waals surface area contributed by atoms with E-state index in [1.54, 1.807) is 11.3 Å². The molecule has 0 saturated carbocycles. The largest absolute Gasteiger partial charge is 0.361 e. The van der Waals surface area contributed by atoms with Crippen molar-refractivity contribution in [3.63, 3.8) is 0 Å². The summed E-state index contributed by atoms with van der Waals surface area (Å²) in [4.78, 5) is 10.8. The Bertz CT molecular complexity index is 922. The number of piperidine rings is 1. The molecule has 5 nitrogen and oxygen atoms in total. The van der Waals surface area contributed by atoms with Gasteiger partial charge in [0.15, 0.2) is 5.96 Å². The first-order chi connectivity index (χ1) is 14.8. The van der Waals surface area contributed by atoms with Gasteiger partial charge >= 0.3 is 0 Å². The lowest BCUT2D eigenvalue weighted by molar-refractivity contribution is 0.198. The fourth-order valence-corrected chi connectivity index (χ4v) is 4.85. The van der Waals surface area contributed by atoms with E-state index in [9.17, 15) is 0 Å². The molecule has 1 aliphatic rings. The molecule has 1 fully saturated rings. The molecule has 1 aliphatic heterocycles. The monoisotopic (exact) mass is 423 g/mol. The van der Waals surface area contributed by atoms with Crippen LogP contribution in [-0.2, 0) is 13.0 Å². The second-order valence-corrected chi connectivity index (χ2v) is 8.83. The lowest BCUT2D eigenvalue weighted by atomic mass is 10.0. The molecule has 0 atom stereocenters. The minimum atomic E-state index is 0.509. The Balaban J connectivity index is 1.23. The van der Waals surface area contributed by atoms with Gasteiger partial charge in [-0.1, -0.05) is 18.2 Å². The molecule has 0 radical (unpaired) electrons. The molecule has 0 bridgehead atoms. The molecule has 3 N–H and O–H groups in total. The van der Waals surface area contributed by atoms with Gasteiger partial charge in [-0.3, -0.25) is 9.89 Å². The lowest BCUT2D eigenvalue weighted by Crippen LogP contribution is -2.48. The van der Waals surface area contributed by atoms with Crippen LogP contribution in [0.1, 0.15) is 37.3 Å². The maximum absolute atomic E-state index is 4.84. The zero-order chi connectivity index (χ0) is 20.6. The Labute approximate surface area is 183 Å². The molecular weight excluding hydrogens is 390 g/mol. The van der Waals surface area contributed by atoms with Crippen molar-refractivity contribution < 1.29 is 0 Å². The van der Waals surface area contributed by atoms with Crippen LogP contribution in [-0.4, -0.2) is 48.1 Å². The van der Waals surface area contributed by atoms with E-state index in [0.29, 0.717) is 6.04 Å². The van der Waals surface area contributed by atoms with Crippen LogP contribution in [0.15, 0.2) is 52.3 Å². The predicted octanol–water partition coefficient (Wildman–Crippen LogP) is 4.38. The van der Waals surface area contributed by atoms with Crippen molar-refractivity contribution in [3.8, 4) is 0 Å².